The van der Waals surface area contributed by atoms with Crippen LogP contribution in [0.5, 0.6) is 5.75 Å². The monoisotopic (exact) mass is 477 g/mol. The zero-order valence-electron chi connectivity index (χ0n) is 18.5. The first kappa shape index (κ1) is 22.8. The van der Waals surface area contributed by atoms with Gasteiger partial charge in [-0.1, -0.05) is 35.5 Å². The Morgan fingerprint density at radius 1 is 1.12 bits per heavy atom. The van der Waals surface area contributed by atoms with Gasteiger partial charge in [0, 0.05) is 16.1 Å². The highest BCUT2D eigenvalue weighted by molar-refractivity contribution is 7.99. The van der Waals surface area contributed by atoms with Crippen molar-refractivity contribution in [3.8, 4) is 22.8 Å². The van der Waals surface area contributed by atoms with E-state index < -0.39 is 0 Å². The van der Waals surface area contributed by atoms with E-state index in [4.69, 9.17) is 4.74 Å². The third-order valence-corrected chi connectivity index (χ3v) is 6.74. The molecule has 9 heteroatoms. The Balaban J connectivity index is 1.56. The number of amides is 1. The number of nitrogens with one attached hydrogen (secondary N) is 1. The molecule has 168 valence electrons. The predicted octanol–water partition coefficient (Wildman–Crippen LogP) is 4.95. The highest BCUT2D eigenvalue weighted by Crippen LogP contribution is 2.29. The number of ether oxygens (including phenoxy) is 1. The summed E-state index contributed by atoms with van der Waals surface area (Å²) >= 11 is 2.89. The molecule has 2 aromatic heterocycles. The predicted molar refractivity (Wildman–Crippen MR) is 133 cm³/mol. The first-order chi connectivity index (χ1) is 16.0. The Labute approximate surface area is 200 Å². The number of hydrogen-bond acceptors (Lipinski definition) is 7. The van der Waals surface area contributed by atoms with Crippen molar-refractivity contribution in [2.45, 2.75) is 19.0 Å². The van der Waals surface area contributed by atoms with Crippen molar-refractivity contribution in [2.75, 3.05) is 12.9 Å². The van der Waals surface area contributed by atoms with Crippen LogP contribution < -0.4 is 10.2 Å². The maximum absolute atomic E-state index is 12.4. The Kier molecular flexibility index (Phi) is 7.21. The fourth-order valence-corrected chi connectivity index (χ4v) is 4.49. The summed E-state index contributed by atoms with van der Waals surface area (Å²) in [6, 6.07) is 19.7. The summed E-state index contributed by atoms with van der Waals surface area (Å²) in [6.07, 6.45) is 0. The minimum atomic E-state index is -0.208. The van der Waals surface area contributed by atoms with Crippen LogP contribution in [0.25, 0.3) is 17.1 Å². The Morgan fingerprint density at radius 3 is 2.55 bits per heavy atom. The maximum Gasteiger partial charge on any atom is 0.250 e. The lowest BCUT2D eigenvalue weighted by molar-refractivity contribution is -0.118. The van der Waals surface area contributed by atoms with Crippen molar-refractivity contribution in [1.29, 1.82) is 0 Å². The highest BCUT2D eigenvalue weighted by Gasteiger charge is 2.17. The van der Waals surface area contributed by atoms with Crippen molar-refractivity contribution < 1.29 is 9.53 Å². The van der Waals surface area contributed by atoms with Gasteiger partial charge in [-0.05, 0) is 61.7 Å². The van der Waals surface area contributed by atoms with Gasteiger partial charge in [0.25, 0.3) is 5.91 Å². The number of nitrogens with zero attached hydrogens (tertiary/aromatic N) is 4. The van der Waals surface area contributed by atoms with Gasteiger partial charge >= 0.3 is 0 Å². The summed E-state index contributed by atoms with van der Waals surface area (Å²) in [4.78, 5) is 13.4. The first-order valence-corrected chi connectivity index (χ1v) is 12.1. The van der Waals surface area contributed by atoms with Gasteiger partial charge in [-0.2, -0.15) is 5.10 Å². The van der Waals surface area contributed by atoms with Crippen molar-refractivity contribution in [3.63, 3.8) is 0 Å². The number of methoxy groups -OCH3 is 1. The molecule has 0 unspecified atom stereocenters. The maximum atomic E-state index is 12.4. The molecule has 0 saturated carbocycles. The molecule has 0 spiro atoms. The first-order valence-electron chi connectivity index (χ1n) is 10.2. The fourth-order valence-electron chi connectivity index (χ4n) is 3.07. The molecule has 0 aliphatic rings. The summed E-state index contributed by atoms with van der Waals surface area (Å²) in [5.41, 5.74) is 6.37. The number of aryl methyl sites for hydroxylation is 1. The number of thiophene rings is 1. The molecule has 1 N–H and O–H groups in total. The van der Waals surface area contributed by atoms with Crippen LogP contribution in [0.3, 0.4) is 0 Å². The Hall–Kier alpha value is -3.43. The van der Waals surface area contributed by atoms with E-state index in [2.05, 4.69) is 20.7 Å². The van der Waals surface area contributed by atoms with Gasteiger partial charge in [0.05, 0.1) is 18.6 Å². The smallest absolute Gasteiger partial charge is 0.250 e. The van der Waals surface area contributed by atoms with Gasteiger partial charge in [-0.25, -0.2) is 5.43 Å². The van der Waals surface area contributed by atoms with Gasteiger partial charge in [-0.15, -0.1) is 21.5 Å². The second-order valence-corrected chi connectivity index (χ2v) is 9.09. The molecule has 0 aliphatic carbocycles. The van der Waals surface area contributed by atoms with Crippen LogP contribution in [0.2, 0.25) is 0 Å². The molecule has 7 nitrogen and oxygen atoms in total. The minimum Gasteiger partial charge on any atom is -0.497 e. The zero-order chi connectivity index (χ0) is 23.2. The highest BCUT2D eigenvalue weighted by atomic mass is 32.2. The van der Waals surface area contributed by atoms with E-state index in [1.165, 1.54) is 11.8 Å². The van der Waals surface area contributed by atoms with Gasteiger partial charge in [0.2, 0.25) is 0 Å². The average molecular weight is 478 g/mol. The van der Waals surface area contributed by atoms with E-state index in [1.54, 1.807) is 18.4 Å². The van der Waals surface area contributed by atoms with Crippen LogP contribution in [0.4, 0.5) is 0 Å². The number of benzene rings is 2. The van der Waals surface area contributed by atoms with E-state index in [1.807, 2.05) is 84.5 Å². The molecule has 4 aromatic rings. The molecule has 33 heavy (non-hydrogen) atoms. The molecule has 0 atom stereocenters. The van der Waals surface area contributed by atoms with E-state index in [-0.39, 0.29) is 11.7 Å². The van der Waals surface area contributed by atoms with Crippen LogP contribution in [0, 0.1) is 6.92 Å². The van der Waals surface area contributed by atoms with E-state index >= 15 is 0 Å². The minimum absolute atomic E-state index is 0.161. The van der Waals surface area contributed by atoms with Crippen molar-refractivity contribution in [1.82, 2.24) is 20.2 Å². The molecular weight excluding hydrogens is 454 g/mol. The molecular formula is C24H23N5O2S2. The largest absolute Gasteiger partial charge is 0.497 e. The second-order valence-electron chi connectivity index (χ2n) is 7.20. The van der Waals surface area contributed by atoms with Crippen LogP contribution in [-0.4, -0.2) is 39.2 Å². The molecule has 0 radical (unpaired) electrons. The lowest BCUT2D eigenvalue weighted by Crippen LogP contribution is -2.21. The number of hydrazone groups is 1. The third kappa shape index (κ3) is 5.50. The standard InChI is InChI=1S/C24H23N5O2S2/c1-16-6-10-19(11-7-16)29-23(18-8-12-20(31-3)13-9-18)27-28-24(29)33-15-22(30)26-25-17(2)21-5-4-14-32-21/h4-14H,15H2,1-3H3,(H,26,30). The molecule has 0 aliphatic heterocycles. The second kappa shape index (κ2) is 10.5. The Morgan fingerprint density at radius 2 is 1.88 bits per heavy atom. The Bertz CT molecular complexity index is 1250. The average Bonchev–Trinajstić information content (AvgIpc) is 3.52. The number of carbonyl (C=O) groups excluding carboxylic acids is 1. The molecule has 0 fully saturated rings. The molecule has 0 bridgehead atoms. The lowest BCUT2D eigenvalue weighted by Gasteiger charge is -2.11. The number of carbonyl (C=O) groups is 1. The van der Waals surface area contributed by atoms with E-state index in [9.17, 15) is 4.79 Å². The van der Waals surface area contributed by atoms with Gasteiger partial charge in [-0.3, -0.25) is 9.36 Å². The summed E-state index contributed by atoms with van der Waals surface area (Å²) in [6.45, 7) is 3.91. The summed E-state index contributed by atoms with van der Waals surface area (Å²) < 4.78 is 7.22. The molecule has 1 amide bonds. The molecule has 0 saturated heterocycles. The van der Waals surface area contributed by atoms with Crippen LogP contribution in [0.15, 0.2) is 76.3 Å². The topological polar surface area (TPSA) is 81.4 Å². The van der Waals surface area contributed by atoms with Crippen molar-refractivity contribution in [2.24, 2.45) is 5.10 Å². The SMILES string of the molecule is COc1ccc(-c2nnc(SCC(=O)NN=C(C)c3cccs3)n2-c2ccc(C)cc2)cc1. The van der Waals surface area contributed by atoms with Gasteiger partial charge < -0.3 is 4.74 Å². The summed E-state index contributed by atoms with van der Waals surface area (Å²) in [7, 11) is 1.63. The van der Waals surface area contributed by atoms with E-state index in [0.717, 1.165) is 33.2 Å². The van der Waals surface area contributed by atoms with Crippen LogP contribution >= 0.6 is 23.1 Å². The van der Waals surface area contributed by atoms with Crippen LogP contribution in [-0.2, 0) is 4.79 Å². The van der Waals surface area contributed by atoms with Crippen molar-refractivity contribution in [3.05, 3.63) is 76.5 Å². The number of thioether (sulfide) groups is 1. The van der Waals surface area contributed by atoms with Gasteiger partial charge in [0.15, 0.2) is 11.0 Å². The normalized spacial score (nSPS) is 11.4. The fraction of sp³-hybridized carbons (Fsp3) is 0.167. The molecule has 4 rings (SSSR count). The summed E-state index contributed by atoms with van der Waals surface area (Å²) in [5.74, 6) is 1.41. The summed E-state index contributed by atoms with van der Waals surface area (Å²) in [5, 5.41) is 15.6. The van der Waals surface area contributed by atoms with Gasteiger partial charge in [0.1, 0.15) is 5.75 Å². The number of aromatic nitrogens is 3. The van der Waals surface area contributed by atoms with Crippen molar-refractivity contribution >= 4 is 34.7 Å². The lowest BCUT2D eigenvalue weighted by atomic mass is 10.2. The van der Waals surface area contributed by atoms with E-state index in [0.29, 0.717) is 11.0 Å². The number of rotatable bonds is 8. The molecule has 2 heterocycles. The molecule has 2 aromatic carbocycles. The quantitative estimate of drug-likeness (QED) is 0.221. The van der Waals surface area contributed by atoms with Crippen LogP contribution in [0.1, 0.15) is 17.4 Å². The number of hydrogen-bond donors (Lipinski definition) is 1. The zero-order valence-corrected chi connectivity index (χ0v) is 20.1. The third-order valence-electron chi connectivity index (χ3n) is 4.83.